The van der Waals surface area contributed by atoms with Crippen molar-refractivity contribution in [3.8, 4) is 0 Å². The highest BCUT2D eigenvalue weighted by Gasteiger charge is 2.31. The number of carboxylic acids is 1. The summed E-state index contributed by atoms with van der Waals surface area (Å²) in [6.07, 6.45) is 3.78. The number of nitrogens with zero attached hydrogens (tertiary/aromatic N) is 1. The van der Waals surface area contributed by atoms with Gasteiger partial charge in [-0.25, -0.2) is 0 Å². The van der Waals surface area contributed by atoms with Crippen LogP contribution in [-0.4, -0.2) is 34.5 Å². The molecule has 1 N–H and O–H groups in total. The van der Waals surface area contributed by atoms with Crippen molar-refractivity contribution < 1.29 is 27.9 Å². The fraction of sp³-hybridized carbons (Fsp3) is 0.636. The minimum Gasteiger partial charge on any atom is -0.481 e. The maximum absolute atomic E-state index is 12.8. The maximum atomic E-state index is 12.8. The van der Waals surface area contributed by atoms with Gasteiger partial charge < -0.3 is 10.0 Å². The number of aliphatic carboxylic acids is 1. The lowest BCUT2D eigenvalue weighted by Gasteiger charge is -2.25. The molecule has 0 spiro atoms. The molecular weight excluding hydrogens is 383 g/mol. The second-order valence-electron chi connectivity index (χ2n) is 7.78. The number of carbonyl (C=O) groups excluding carboxylic acids is 1. The van der Waals surface area contributed by atoms with Gasteiger partial charge in [-0.05, 0) is 50.2 Å². The summed E-state index contributed by atoms with van der Waals surface area (Å²) in [6.45, 7) is 0.712. The predicted octanol–water partition coefficient (Wildman–Crippen LogP) is 5.44. The van der Waals surface area contributed by atoms with Crippen LogP contribution >= 0.6 is 0 Å². The van der Waals surface area contributed by atoms with Crippen molar-refractivity contribution >= 4 is 11.9 Å². The molecule has 7 heteroatoms. The van der Waals surface area contributed by atoms with Crippen LogP contribution in [0.2, 0.25) is 0 Å². The topological polar surface area (TPSA) is 57.6 Å². The first-order valence-corrected chi connectivity index (χ1v) is 10.4. The third-order valence-corrected chi connectivity index (χ3v) is 5.50. The molecule has 0 aliphatic carbocycles. The number of hydrogen-bond donors (Lipinski definition) is 1. The van der Waals surface area contributed by atoms with Gasteiger partial charge in [0.05, 0.1) is 5.56 Å². The lowest BCUT2D eigenvalue weighted by atomic mass is 10.0. The number of carbonyl (C=O) groups is 2. The van der Waals surface area contributed by atoms with Crippen molar-refractivity contribution in [1.29, 1.82) is 0 Å². The Labute approximate surface area is 170 Å². The molecule has 162 valence electrons. The van der Waals surface area contributed by atoms with E-state index >= 15 is 0 Å². The lowest BCUT2D eigenvalue weighted by Crippen LogP contribution is -2.33. The zero-order valence-electron chi connectivity index (χ0n) is 16.7. The van der Waals surface area contributed by atoms with Gasteiger partial charge in [0.15, 0.2) is 0 Å². The average Bonchev–Trinajstić information content (AvgIpc) is 3.01. The molecule has 0 aromatic heterocycles. The van der Waals surface area contributed by atoms with Gasteiger partial charge in [0.2, 0.25) is 5.91 Å². The van der Waals surface area contributed by atoms with Crippen LogP contribution in [0.4, 0.5) is 13.2 Å². The number of benzene rings is 1. The molecule has 1 amide bonds. The third-order valence-electron chi connectivity index (χ3n) is 5.50. The molecule has 1 aliphatic rings. The Morgan fingerprint density at radius 1 is 1.10 bits per heavy atom. The number of likely N-dealkylation sites (tertiary alicyclic amines) is 1. The summed E-state index contributed by atoms with van der Waals surface area (Å²) < 4.78 is 38.3. The van der Waals surface area contributed by atoms with Crippen molar-refractivity contribution in [2.45, 2.75) is 82.8 Å². The van der Waals surface area contributed by atoms with Crippen molar-refractivity contribution in [3.63, 3.8) is 0 Å². The van der Waals surface area contributed by atoms with Crippen LogP contribution in [0.3, 0.4) is 0 Å². The lowest BCUT2D eigenvalue weighted by molar-refractivity contribution is -0.138. The van der Waals surface area contributed by atoms with E-state index in [1.165, 1.54) is 12.1 Å². The molecule has 29 heavy (non-hydrogen) atoms. The number of aryl methyl sites for hydroxylation is 1. The van der Waals surface area contributed by atoms with Crippen LogP contribution in [0.15, 0.2) is 24.3 Å². The van der Waals surface area contributed by atoms with Crippen LogP contribution in [-0.2, 0) is 22.2 Å². The van der Waals surface area contributed by atoms with E-state index in [-0.39, 0.29) is 18.4 Å². The molecule has 2 rings (SSSR count). The van der Waals surface area contributed by atoms with E-state index in [1.54, 1.807) is 6.07 Å². The van der Waals surface area contributed by atoms with E-state index in [0.29, 0.717) is 31.4 Å². The Balaban J connectivity index is 1.68. The highest BCUT2D eigenvalue weighted by Crippen LogP contribution is 2.30. The molecule has 1 fully saturated rings. The van der Waals surface area contributed by atoms with E-state index in [0.717, 1.165) is 51.0 Å². The molecule has 1 aliphatic heterocycles. The minimum atomic E-state index is -4.31. The summed E-state index contributed by atoms with van der Waals surface area (Å²) in [5.41, 5.74) is 0.0893. The standard InChI is InChI=1S/C22H30F3NO3/c23-22(24,25)18-10-7-9-17(16-18)8-4-5-11-19-13-14-20(27)26(19)15-6-2-1-3-12-21(28)29/h7,9-10,16,19H,1-6,8,11-15H2,(H,28,29). The molecule has 4 nitrogen and oxygen atoms in total. The number of unbranched alkanes of at least 4 members (excludes halogenated alkanes) is 4. The molecule has 1 heterocycles. The summed E-state index contributed by atoms with van der Waals surface area (Å²) >= 11 is 0. The molecule has 1 atom stereocenters. The second-order valence-corrected chi connectivity index (χ2v) is 7.78. The Bertz CT molecular complexity index is 676. The predicted molar refractivity (Wildman–Crippen MR) is 104 cm³/mol. The Morgan fingerprint density at radius 2 is 1.86 bits per heavy atom. The van der Waals surface area contributed by atoms with Gasteiger partial charge >= 0.3 is 12.1 Å². The van der Waals surface area contributed by atoms with Crippen molar-refractivity contribution in [3.05, 3.63) is 35.4 Å². The van der Waals surface area contributed by atoms with Crippen LogP contribution in [0.25, 0.3) is 0 Å². The van der Waals surface area contributed by atoms with Crippen molar-refractivity contribution in [2.24, 2.45) is 0 Å². The SMILES string of the molecule is O=C(O)CCCCCCN1C(=O)CCC1CCCCc1cccc(C(F)(F)F)c1. The normalized spacial score (nSPS) is 17.1. The van der Waals surface area contributed by atoms with E-state index in [4.69, 9.17) is 5.11 Å². The summed E-state index contributed by atoms with van der Waals surface area (Å²) in [6, 6.07) is 5.71. The molecule has 1 aromatic rings. The number of alkyl halides is 3. The number of rotatable bonds is 12. The molecule has 1 saturated heterocycles. The quantitative estimate of drug-likeness (QED) is 0.464. The number of hydrogen-bond acceptors (Lipinski definition) is 2. The molecule has 1 aromatic carbocycles. The van der Waals surface area contributed by atoms with Gasteiger partial charge in [0.1, 0.15) is 0 Å². The van der Waals surface area contributed by atoms with Gasteiger partial charge in [-0.1, -0.05) is 37.5 Å². The first kappa shape index (κ1) is 23.2. The zero-order chi connectivity index (χ0) is 21.3. The van der Waals surface area contributed by atoms with Gasteiger partial charge in [-0.15, -0.1) is 0 Å². The monoisotopic (exact) mass is 413 g/mol. The Hall–Kier alpha value is -2.05. The zero-order valence-corrected chi connectivity index (χ0v) is 16.7. The van der Waals surface area contributed by atoms with E-state index in [1.807, 2.05) is 4.90 Å². The number of amides is 1. The van der Waals surface area contributed by atoms with Crippen molar-refractivity contribution in [2.75, 3.05) is 6.54 Å². The molecular formula is C22H30F3NO3. The van der Waals surface area contributed by atoms with E-state index < -0.39 is 17.7 Å². The maximum Gasteiger partial charge on any atom is 0.416 e. The van der Waals surface area contributed by atoms with Gasteiger partial charge in [0.25, 0.3) is 0 Å². The minimum absolute atomic E-state index is 0.179. The molecule has 1 unspecified atom stereocenters. The van der Waals surface area contributed by atoms with E-state index in [9.17, 15) is 22.8 Å². The summed E-state index contributed by atoms with van der Waals surface area (Å²) in [5, 5.41) is 8.63. The average molecular weight is 413 g/mol. The van der Waals surface area contributed by atoms with E-state index in [2.05, 4.69) is 0 Å². The van der Waals surface area contributed by atoms with Crippen molar-refractivity contribution in [1.82, 2.24) is 4.90 Å². The smallest absolute Gasteiger partial charge is 0.416 e. The largest absolute Gasteiger partial charge is 0.481 e. The van der Waals surface area contributed by atoms with Gasteiger partial charge in [-0.3, -0.25) is 9.59 Å². The fourth-order valence-corrected chi connectivity index (χ4v) is 3.92. The van der Waals surface area contributed by atoms with Crippen LogP contribution in [0, 0.1) is 0 Å². The summed E-state index contributed by atoms with van der Waals surface area (Å²) in [5.74, 6) is -0.594. The second kappa shape index (κ2) is 11.2. The number of carboxylic acid groups (broad SMARTS) is 1. The molecule has 0 bridgehead atoms. The highest BCUT2D eigenvalue weighted by molar-refractivity contribution is 5.78. The van der Waals surface area contributed by atoms with Crippen LogP contribution < -0.4 is 0 Å². The first-order chi connectivity index (χ1) is 13.8. The van der Waals surface area contributed by atoms with Gasteiger partial charge in [-0.2, -0.15) is 13.2 Å². The van der Waals surface area contributed by atoms with Crippen LogP contribution in [0.5, 0.6) is 0 Å². The highest BCUT2D eigenvalue weighted by atomic mass is 19.4. The third kappa shape index (κ3) is 8.07. The number of halogens is 3. The molecule has 0 saturated carbocycles. The summed E-state index contributed by atoms with van der Waals surface area (Å²) in [7, 11) is 0. The first-order valence-electron chi connectivity index (χ1n) is 10.4. The molecule has 0 radical (unpaired) electrons. The fourth-order valence-electron chi connectivity index (χ4n) is 3.92. The van der Waals surface area contributed by atoms with Gasteiger partial charge in [0, 0.05) is 25.4 Å². The summed E-state index contributed by atoms with van der Waals surface area (Å²) in [4.78, 5) is 24.6. The Kier molecular flexibility index (Phi) is 8.99. The Morgan fingerprint density at radius 3 is 2.59 bits per heavy atom. The van der Waals surface area contributed by atoms with Crippen LogP contribution in [0.1, 0.15) is 75.3 Å².